The molecule has 5 nitrogen and oxygen atoms in total. The summed E-state index contributed by atoms with van der Waals surface area (Å²) in [7, 11) is 0. The Morgan fingerprint density at radius 1 is 1.10 bits per heavy atom. The molecular weight excluding hydrogens is 362 g/mol. The molecule has 1 N–H and O–H groups in total. The van der Waals surface area contributed by atoms with Crippen LogP contribution in [0.5, 0.6) is 0 Å². The summed E-state index contributed by atoms with van der Waals surface area (Å²) in [6, 6.07) is 13.7. The number of aromatic nitrogens is 2. The normalized spacial score (nSPS) is 15.7. The van der Waals surface area contributed by atoms with Crippen LogP contribution in [-0.4, -0.2) is 21.5 Å². The van der Waals surface area contributed by atoms with Crippen molar-refractivity contribution < 1.29 is 9.59 Å². The van der Waals surface area contributed by atoms with Gasteiger partial charge in [-0.1, -0.05) is 37.3 Å². The fourth-order valence-electron chi connectivity index (χ4n) is 3.92. The van der Waals surface area contributed by atoms with Crippen molar-refractivity contribution in [2.45, 2.75) is 46.5 Å². The number of carbonyl (C=O) groups is 2. The molecule has 0 saturated carbocycles. The molecule has 2 heterocycles. The molecule has 0 aliphatic carbocycles. The highest BCUT2D eigenvalue weighted by Crippen LogP contribution is 2.38. The number of nitrogens with one attached hydrogen (secondary N) is 1. The molecule has 148 valence electrons. The number of carbonyl (C=O) groups excluding carboxylic acids is 2. The van der Waals surface area contributed by atoms with Gasteiger partial charge in [-0.3, -0.25) is 9.59 Å². The maximum Gasteiger partial charge on any atom is 0.226 e. The van der Waals surface area contributed by atoms with E-state index in [9.17, 15) is 9.59 Å². The predicted octanol–water partition coefficient (Wildman–Crippen LogP) is 4.67. The van der Waals surface area contributed by atoms with Gasteiger partial charge in [-0.05, 0) is 56.0 Å². The maximum atomic E-state index is 13.3. The predicted molar refractivity (Wildman–Crippen MR) is 114 cm³/mol. The lowest BCUT2D eigenvalue weighted by atomic mass is 9.85. The second-order valence-corrected chi connectivity index (χ2v) is 7.75. The molecule has 2 aromatic carbocycles. The SMILES string of the molecule is CCc1ccc(C(=O)[C@H]2CC(=O)Nc3c2c(C)nn3-c2ccc(C)c(C)c2)cc1. The van der Waals surface area contributed by atoms with Crippen molar-refractivity contribution in [1.29, 1.82) is 0 Å². The minimum absolute atomic E-state index is 0.0357. The van der Waals surface area contributed by atoms with E-state index in [1.807, 2.05) is 56.3 Å². The Bertz CT molecular complexity index is 1110. The number of hydrogen-bond acceptors (Lipinski definition) is 3. The first-order valence-corrected chi connectivity index (χ1v) is 9.99. The molecule has 1 aliphatic heterocycles. The summed E-state index contributed by atoms with van der Waals surface area (Å²) >= 11 is 0. The van der Waals surface area contributed by atoms with E-state index in [1.54, 1.807) is 4.68 Å². The van der Waals surface area contributed by atoms with E-state index in [1.165, 1.54) is 11.1 Å². The van der Waals surface area contributed by atoms with Crippen molar-refractivity contribution in [3.05, 3.63) is 76.0 Å². The highest BCUT2D eigenvalue weighted by Gasteiger charge is 2.36. The lowest BCUT2D eigenvalue weighted by Gasteiger charge is -2.23. The van der Waals surface area contributed by atoms with Crippen LogP contribution in [0.4, 0.5) is 5.82 Å². The Kier molecular flexibility index (Phi) is 4.82. The molecular formula is C24H25N3O2. The molecule has 0 spiro atoms. The number of nitrogens with zero attached hydrogens (tertiary/aromatic N) is 2. The number of anilines is 1. The van der Waals surface area contributed by atoms with Crippen molar-refractivity contribution in [3.63, 3.8) is 0 Å². The summed E-state index contributed by atoms with van der Waals surface area (Å²) in [4.78, 5) is 25.8. The van der Waals surface area contributed by atoms with E-state index < -0.39 is 5.92 Å². The first-order chi connectivity index (χ1) is 13.9. The molecule has 0 bridgehead atoms. The monoisotopic (exact) mass is 387 g/mol. The van der Waals surface area contributed by atoms with E-state index in [2.05, 4.69) is 24.3 Å². The number of fused-ring (bicyclic) bond motifs is 1. The van der Waals surface area contributed by atoms with Gasteiger partial charge < -0.3 is 5.32 Å². The molecule has 3 aromatic rings. The largest absolute Gasteiger partial charge is 0.310 e. The second kappa shape index (κ2) is 7.32. The Hall–Kier alpha value is -3.21. The van der Waals surface area contributed by atoms with Crippen molar-refractivity contribution in [1.82, 2.24) is 9.78 Å². The quantitative estimate of drug-likeness (QED) is 0.662. The van der Waals surface area contributed by atoms with Crippen LogP contribution in [0.25, 0.3) is 5.69 Å². The molecule has 1 aliphatic rings. The summed E-state index contributed by atoms with van der Waals surface area (Å²) in [6.45, 7) is 8.09. The maximum absolute atomic E-state index is 13.3. The minimum atomic E-state index is -0.522. The third kappa shape index (κ3) is 3.37. The van der Waals surface area contributed by atoms with E-state index >= 15 is 0 Å². The molecule has 0 unspecified atom stereocenters. The Morgan fingerprint density at radius 2 is 1.83 bits per heavy atom. The van der Waals surface area contributed by atoms with Gasteiger partial charge in [0.05, 0.1) is 17.3 Å². The standard InChI is InChI=1S/C24H25N3O2/c1-5-17-7-9-18(10-8-17)23(29)20-13-21(28)25-24-22(20)16(4)26-27(24)19-11-6-14(2)15(3)12-19/h6-12,20H,5,13H2,1-4H3,(H,25,28)/t20-/m0/s1. The van der Waals surface area contributed by atoms with Crippen LogP contribution in [0.15, 0.2) is 42.5 Å². The van der Waals surface area contributed by atoms with Crippen molar-refractivity contribution >= 4 is 17.5 Å². The van der Waals surface area contributed by atoms with E-state index in [4.69, 9.17) is 0 Å². The number of rotatable bonds is 4. The van der Waals surface area contributed by atoms with E-state index in [0.717, 1.165) is 28.9 Å². The van der Waals surface area contributed by atoms with Crippen molar-refractivity contribution in [3.8, 4) is 5.69 Å². The zero-order valence-electron chi connectivity index (χ0n) is 17.2. The van der Waals surface area contributed by atoms with Gasteiger partial charge in [-0.25, -0.2) is 4.68 Å². The van der Waals surface area contributed by atoms with Crippen LogP contribution >= 0.6 is 0 Å². The van der Waals surface area contributed by atoms with Gasteiger partial charge in [-0.2, -0.15) is 5.10 Å². The molecule has 1 atom stereocenters. The summed E-state index contributed by atoms with van der Waals surface area (Å²) < 4.78 is 1.74. The topological polar surface area (TPSA) is 64.0 Å². The average molecular weight is 387 g/mol. The van der Waals surface area contributed by atoms with E-state index in [-0.39, 0.29) is 18.1 Å². The van der Waals surface area contributed by atoms with Crippen LogP contribution in [-0.2, 0) is 11.2 Å². The molecule has 1 aromatic heterocycles. The first-order valence-electron chi connectivity index (χ1n) is 9.99. The highest BCUT2D eigenvalue weighted by atomic mass is 16.2. The van der Waals surface area contributed by atoms with Crippen LogP contribution in [0.1, 0.15) is 57.6 Å². The number of aryl methyl sites for hydroxylation is 4. The van der Waals surface area contributed by atoms with Gasteiger partial charge in [0.1, 0.15) is 5.82 Å². The fourth-order valence-corrected chi connectivity index (χ4v) is 3.92. The van der Waals surface area contributed by atoms with Crippen molar-refractivity contribution in [2.24, 2.45) is 0 Å². The summed E-state index contributed by atoms with van der Waals surface area (Å²) in [5.41, 5.74) is 6.61. The number of benzene rings is 2. The average Bonchev–Trinajstić information content (AvgIpc) is 3.05. The molecule has 1 amide bonds. The smallest absolute Gasteiger partial charge is 0.226 e. The van der Waals surface area contributed by atoms with Gasteiger partial charge in [-0.15, -0.1) is 0 Å². The Labute approximate surface area is 170 Å². The molecule has 0 fully saturated rings. The van der Waals surface area contributed by atoms with Gasteiger partial charge in [0, 0.05) is 17.5 Å². The number of ketones is 1. The van der Waals surface area contributed by atoms with Gasteiger partial charge >= 0.3 is 0 Å². The van der Waals surface area contributed by atoms with Crippen LogP contribution < -0.4 is 5.32 Å². The highest BCUT2D eigenvalue weighted by molar-refractivity contribution is 6.08. The fraction of sp³-hybridized carbons (Fsp3) is 0.292. The zero-order chi connectivity index (χ0) is 20.7. The Morgan fingerprint density at radius 3 is 2.48 bits per heavy atom. The van der Waals surface area contributed by atoms with Gasteiger partial charge in [0.15, 0.2) is 5.78 Å². The van der Waals surface area contributed by atoms with Gasteiger partial charge in [0.2, 0.25) is 5.91 Å². The lowest BCUT2D eigenvalue weighted by Crippen LogP contribution is -2.28. The number of amides is 1. The molecule has 4 rings (SSSR count). The summed E-state index contributed by atoms with van der Waals surface area (Å²) in [6.07, 6.45) is 1.06. The lowest BCUT2D eigenvalue weighted by molar-refractivity contribution is -0.116. The summed E-state index contributed by atoms with van der Waals surface area (Å²) in [5.74, 6) is -0.116. The van der Waals surface area contributed by atoms with Crippen LogP contribution in [0.3, 0.4) is 0 Å². The molecule has 0 radical (unpaired) electrons. The minimum Gasteiger partial charge on any atom is -0.310 e. The summed E-state index contributed by atoms with van der Waals surface area (Å²) in [5, 5.41) is 7.62. The third-order valence-corrected chi connectivity index (χ3v) is 5.80. The molecule has 29 heavy (non-hydrogen) atoms. The van der Waals surface area contributed by atoms with Crippen molar-refractivity contribution in [2.75, 3.05) is 5.32 Å². The molecule has 0 saturated heterocycles. The Balaban J connectivity index is 1.78. The van der Waals surface area contributed by atoms with Crippen LogP contribution in [0, 0.1) is 20.8 Å². The first kappa shape index (κ1) is 19.1. The van der Waals surface area contributed by atoms with E-state index in [0.29, 0.717) is 11.4 Å². The van der Waals surface area contributed by atoms with Crippen LogP contribution in [0.2, 0.25) is 0 Å². The van der Waals surface area contributed by atoms with Gasteiger partial charge in [0.25, 0.3) is 0 Å². The third-order valence-electron chi connectivity index (χ3n) is 5.80. The second-order valence-electron chi connectivity index (χ2n) is 7.75. The number of hydrogen-bond donors (Lipinski definition) is 1. The molecule has 5 heteroatoms. The zero-order valence-corrected chi connectivity index (χ0v) is 17.2. The number of Topliss-reactive ketones (excluding diaryl/α,β-unsaturated/α-hetero) is 1.